The molecule has 0 radical (unpaired) electrons. The van der Waals surface area contributed by atoms with Crippen LogP contribution in [-0.4, -0.2) is 37.2 Å². The molecule has 0 saturated carbocycles. The maximum atomic E-state index is 13.2. The molecule has 0 atom stereocenters. The zero-order valence-corrected chi connectivity index (χ0v) is 18.7. The van der Waals surface area contributed by atoms with Gasteiger partial charge in [0.15, 0.2) is 0 Å². The number of nitrogens with two attached hydrogens (primary N) is 1. The Bertz CT molecular complexity index is 1200. The zero-order chi connectivity index (χ0) is 22.1. The summed E-state index contributed by atoms with van der Waals surface area (Å²) in [4.78, 5) is 28.8. The molecule has 1 aromatic heterocycles. The molecular weight excluding hydrogens is 470 g/mol. The van der Waals surface area contributed by atoms with Crippen molar-refractivity contribution >= 4 is 37.6 Å². The average Bonchev–Trinajstić information content (AvgIpc) is 3.08. The number of carbonyl (C=O) groups excluding carboxylic acids is 2. The van der Waals surface area contributed by atoms with Crippen LogP contribution in [0.4, 0.5) is 0 Å². The molecule has 0 aliphatic rings. The Hall–Kier alpha value is -2.91. The normalized spacial score (nSPS) is 11.3. The first-order valence-electron chi connectivity index (χ1n) is 8.95. The summed E-state index contributed by atoms with van der Waals surface area (Å²) in [6.45, 7) is 1.79. The zero-order valence-electron chi connectivity index (χ0n) is 16.3. The molecule has 7 nitrogen and oxygen atoms in total. The van der Waals surface area contributed by atoms with Crippen molar-refractivity contribution in [1.82, 2.24) is 9.88 Å². The molecule has 0 aliphatic carbocycles. The van der Waals surface area contributed by atoms with E-state index in [4.69, 9.17) is 5.73 Å². The Labute approximate surface area is 182 Å². The van der Waals surface area contributed by atoms with Gasteiger partial charge in [-0.2, -0.15) is 0 Å². The molecule has 2 amide bonds. The van der Waals surface area contributed by atoms with Crippen LogP contribution in [0.5, 0.6) is 0 Å². The van der Waals surface area contributed by atoms with Crippen LogP contribution in [-0.2, 0) is 16.4 Å². The van der Waals surface area contributed by atoms with Crippen molar-refractivity contribution in [2.75, 3.05) is 7.05 Å². The number of H-pyrrole nitrogens is 1. The highest BCUT2D eigenvalue weighted by atomic mass is 79.9. The van der Waals surface area contributed by atoms with Crippen molar-refractivity contribution in [2.24, 2.45) is 5.73 Å². The van der Waals surface area contributed by atoms with Gasteiger partial charge in [-0.05, 0) is 42.3 Å². The van der Waals surface area contributed by atoms with E-state index in [2.05, 4.69) is 20.9 Å². The fraction of sp³-hybridized carbons (Fsp3) is 0.143. The van der Waals surface area contributed by atoms with Gasteiger partial charge in [-0.3, -0.25) is 9.59 Å². The summed E-state index contributed by atoms with van der Waals surface area (Å²) in [5, 5.41) is 0. The molecule has 3 rings (SSSR count). The minimum atomic E-state index is -4.06. The van der Waals surface area contributed by atoms with Crippen LogP contribution in [0.3, 0.4) is 0 Å². The van der Waals surface area contributed by atoms with E-state index in [0.29, 0.717) is 6.54 Å². The molecule has 2 aromatic carbocycles. The second kappa shape index (κ2) is 8.45. The van der Waals surface area contributed by atoms with Crippen LogP contribution in [0.15, 0.2) is 68.9 Å². The Morgan fingerprint density at radius 3 is 2.20 bits per heavy atom. The van der Waals surface area contributed by atoms with Crippen LogP contribution in [0.2, 0.25) is 0 Å². The van der Waals surface area contributed by atoms with Crippen molar-refractivity contribution in [3.63, 3.8) is 0 Å². The standard InChI is InChI=1S/C21H20BrN3O4S/c1-13-17(21(27)25(2)12-14-8-10-15(22)11-9-14)24-18(20(23)26)19(13)30(28,29)16-6-4-3-5-7-16/h3-11,24H,12H2,1-2H3,(H2,23,26). The summed E-state index contributed by atoms with van der Waals surface area (Å²) in [6.07, 6.45) is 0. The van der Waals surface area contributed by atoms with Crippen molar-refractivity contribution in [2.45, 2.75) is 23.3 Å². The predicted octanol–water partition coefficient (Wildman–Crippen LogP) is 3.29. The van der Waals surface area contributed by atoms with Crippen molar-refractivity contribution in [1.29, 1.82) is 0 Å². The van der Waals surface area contributed by atoms with Gasteiger partial charge < -0.3 is 15.6 Å². The third-order valence-corrected chi connectivity index (χ3v) is 7.12. The third-order valence-electron chi connectivity index (χ3n) is 4.65. The number of aromatic amines is 1. The molecule has 156 valence electrons. The second-order valence-electron chi connectivity index (χ2n) is 6.80. The number of benzene rings is 2. The topological polar surface area (TPSA) is 113 Å². The largest absolute Gasteiger partial charge is 0.364 e. The highest BCUT2D eigenvalue weighted by Gasteiger charge is 2.32. The first-order chi connectivity index (χ1) is 14.1. The minimum absolute atomic E-state index is 0.0109. The Morgan fingerprint density at radius 2 is 1.63 bits per heavy atom. The number of hydrogen-bond acceptors (Lipinski definition) is 4. The first-order valence-corrected chi connectivity index (χ1v) is 11.2. The summed E-state index contributed by atoms with van der Waals surface area (Å²) in [5.41, 5.74) is 6.17. The lowest BCUT2D eigenvalue weighted by molar-refractivity contribution is 0.0779. The van der Waals surface area contributed by atoms with Crippen LogP contribution >= 0.6 is 15.9 Å². The lowest BCUT2D eigenvalue weighted by Crippen LogP contribution is -2.27. The van der Waals surface area contributed by atoms with Gasteiger partial charge in [0, 0.05) is 18.1 Å². The smallest absolute Gasteiger partial charge is 0.270 e. The number of aromatic nitrogens is 1. The molecule has 30 heavy (non-hydrogen) atoms. The number of carbonyl (C=O) groups is 2. The molecule has 3 aromatic rings. The Kier molecular flexibility index (Phi) is 6.14. The van der Waals surface area contributed by atoms with E-state index in [1.54, 1.807) is 25.2 Å². The van der Waals surface area contributed by atoms with Crippen molar-refractivity contribution in [3.8, 4) is 0 Å². The Balaban J connectivity index is 2.02. The summed E-state index contributed by atoms with van der Waals surface area (Å²) < 4.78 is 27.2. The van der Waals surface area contributed by atoms with Crippen LogP contribution in [0, 0.1) is 6.92 Å². The van der Waals surface area contributed by atoms with E-state index in [-0.39, 0.29) is 26.7 Å². The van der Waals surface area contributed by atoms with Crippen LogP contribution in [0.1, 0.15) is 32.1 Å². The van der Waals surface area contributed by atoms with Gasteiger partial charge in [-0.25, -0.2) is 8.42 Å². The molecule has 3 N–H and O–H groups in total. The molecule has 0 bridgehead atoms. The number of amides is 2. The van der Waals surface area contributed by atoms with E-state index >= 15 is 0 Å². The monoisotopic (exact) mass is 489 g/mol. The second-order valence-corrected chi connectivity index (χ2v) is 9.60. The van der Waals surface area contributed by atoms with Crippen LogP contribution in [0.25, 0.3) is 0 Å². The van der Waals surface area contributed by atoms with Gasteiger partial charge >= 0.3 is 0 Å². The molecule has 0 aliphatic heterocycles. The lowest BCUT2D eigenvalue weighted by Gasteiger charge is -2.17. The highest BCUT2D eigenvalue weighted by molar-refractivity contribution is 9.10. The molecule has 0 spiro atoms. The van der Waals surface area contributed by atoms with E-state index in [9.17, 15) is 18.0 Å². The SMILES string of the molecule is Cc1c(C(=O)N(C)Cc2ccc(Br)cc2)[nH]c(C(N)=O)c1S(=O)(=O)c1ccccc1. The van der Waals surface area contributed by atoms with Gasteiger partial charge in [0.05, 0.1) is 4.90 Å². The highest BCUT2D eigenvalue weighted by Crippen LogP contribution is 2.30. The fourth-order valence-corrected chi connectivity index (χ4v) is 5.08. The summed E-state index contributed by atoms with van der Waals surface area (Å²) in [6, 6.07) is 15.2. The summed E-state index contributed by atoms with van der Waals surface area (Å²) in [7, 11) is -2.46. The predicted molar refractivity (Wildman–Crippen MR) is 116 cm³/mol. The van der Waals surface area contributed by atoms with Gasteiger partial charge in [-0.1, -0.05) is 46.3 Å². The maximum absolute atomic E-state index is 13.2. The van der Waals surface area contributed by atoms with Gasteiger partial charge in [-0.15, -0.1) is 0 Å². The molecule has 1 heterocycles. The van der Waals surface area contributed by atoms with Gasteiger partial charge in [0.25, 0.3) is 11.8 Å². The lowest BCUT2D eigenvalue weighted by atomic mass is 10.2. The molecular formula is C21H20BrN3O4S. The number of hydrogen-bond donors (Lipinski definition) is 2. The number of rotatable bonds is 6. The average molecular weight is 490 g/mol. The third kappa shape index (κ3) is 4.17. The van der Waals surface area contributed by atoms with E-state index in [0.717, 1.165) is 10.0 Å². The van der Waals surface area contributed by atoms with Crippen molar-refractivity contribution in [3.05, 3.63) is 81.6 Å². The number of halogens is 1. The minimum Gasteiger partial charge on any atom is -0.364 e. The quantitative estimate of drug-likeness (QED) is 0.552. The fourth-order valence-electron chi connectivity index (χ4n) is 3.14. The van der Waals surface area contributed by atoms with Gasteiger partial charge in [0.1, 0.15) is 16.3 Å². The molecule has 0 unspecified atom stereocenters. The van der Waals surface area contributed by atoms with Crippen LogP contribution < -0.4 is 5.73 Å². The molecule has 0 saturated heterocycles. The summed E-state index contributed by atoms with van der Waals surface area (Å²) in [5.74, 6) is -1.41. The number of nitrogens with zero attached hydrogens (tertiary/aromatic N) is 1. The van der Waals surface area contributed by atoms with Crippen molar-refractivity contribution < 1.29 is 18.0 Å². The number of primary amides is 1. The number of nitrogens with one attached hydrogen (secondary N) is 1. The molecule has 0 fully saturated rings. The van der Waals surface area contributed by atoms with E-state index < -0.39 is 21.7 Å². The first kappa shape index (κ1) is 21.8. The maximum Gasteiger partial charge on any atom is 0.270 e. The molecule has 9 heteroatoms. The van der Waals surface area contributed by atoms with E-state index in [1.807, 2.05) is 24.3 Å². The van der Waals surface area contributed by atoms with Gasteiger partial charge in [0.2, 0.25) is 9.84 Å². The summed E-state index contributed by atoms with van der Waals surface area (Å²) >= 11 is 3.36. The van der Waals surface area contributed by atoms with E-state index in [1.165, 1.54) is 24.0 Å². The number of sulfone groups is 1. The Morgan fingerprint density at radius 1 is 1.03 bits per heavy atom.